The second kappa shape index (κ2) is 5.02. The highest BCUT2D eigenvalue weighted by atomic mass is 32.2. The first-order chi connectivity index (χ1) is 8.38. The van der Waals surface area contributed by atoms with E-state index in [1.54, 1.807) is 0 Å². The van der Waals surface area contributed by atoms with E-state index in [9.17, 15) is 21.6 Å². The first-order valence-corrected chi connectivity index (χ1v) is 9.35. The topological polar surface area (TPSA) is 115 Å². The van der Waals surface area contributed by atoms with Gasteiger partial charge in [-0.3, -0.25) is 4.79 Å². The molecule has 0 aromatic carbocycles. The number of sulfone groups is 1. The summed E-state index contributed by atoms with van der Waals surface area (Å²) in [6.07, 6.45) is 1.57. The van der Waals surface area contributed by atoms with Gasteiger partial charge in [-0.2, -0.15) is 0 Å². The minimum Gasteiger partial charge on any atom is -0.368 e. The van der Waals surface area contributed by atoms with Crippen molar-refractivity contribution < 1.29 is 21.6 Å². The van der Waals surface area contributed by atoms with E-state index in [1.807, 2.05) is 0 Å². The maximum atomic E-state index is 12.1. The molecule has 0 saturated carbocycles. The molecule has 1 atom stereocenters. The molecule has 1 amide bonds. The third-order valence-corrected chi connectivity index (χ3v) is 7.48. The molecule has 0 aliphatic carbocycles. The standard InChI is InChI=1S/C10H20N2O5S2/c1-10(2,9(11)13)19(16,17)7-8-4-5-12(6-8)18(3,14)15/h8H,4-7H2,1-3H3,(H2,11,13). The number of nitrogens with zero attached hydrogens (tertiary/aromatic N) is 1. The molecule has 9 heteroatoms. The summed E-state index contributed by atoms with van der Waals surface area (Å²) in [5.41, 5.74) is 5.10. The third-order valence-electron chi connectivity index (χ3n) is 3.54. The van der Waals surface area contributed by atoms with Crippen LogP contribution in [0.1, 0.15) is 20.3 Å². The molecule has 0 spiro atoms. The summed E-state index contributed by atoms with van der Waals surface area (Å²) in [5.74, 6) is -1.42. The molecule has 112 valence electrons. The molecule has 1 heterocycles. The number of rotatable bonds is 5. The second-order valence-corrected chi connectivity index (χ2v) is 10.00. The van der Waals surface area contributed by atoms with Crippen molar-refractivity contribution in [2.45, 2.75) is 25.0 Å². The lowest BCUT2D eigenvalue weighted by atomic mass is 10.2. The smallest absolute Gasteiger partial charge is 0.238 e. The maximum absolute atomic E-state index is 12.1. The molecule has 0 bridgehead atoms. The predicted octanol–water partition coefficient (Wildman–Crippen LogP) is -1.05. The maximum Gasteiger partial charge on any atom is 0.238 e. The minimum absolute atomic E-state index is 0.174. The van der Waals surface area contributed by atoms with Gasteiger partial charge in [0, 0.05) is 13.1 Å². The predicted molar refractivity (Wildman–Crippen MR) is 71.6 cm³/mol. The summed E-state index contributed by atoms with van der Waals surface area (Å²) in [4.78, 5) is 11.2. The Morgan fingerprint density at radius 2 is 1.84 bits per heavy atom. The number of amides is 1. The monoisotopic (exact) mass is 312 g/mol. The van der Waals surface area contributed by atoms with Crippen molar-refractivity contribution in [2.24, 2.45) is 11.7 Å². The summed E-state index contributed by atoms with van der Waals surface area (Å²) in [5, 5.41) is 0. The molecule has 0 aromatic rings. The van der Waals surface area contributed by atoms with Crippen molar-refractivity contribution in [3.05, 3.63) is 0 Å². The van der Waals surface area contributed by atoms with Crippen molar-refractivity contribution in [2.75, 3.05) is 25.1 Å². The van der Waals surface area contributed by atoms with Crippen molar-refractivity contribution in [3.8, 4) is 0 Å². The van der Waals surface area contributed by atoms with Crippen LogP contribution in [0.2, 0.25) is 0 Å². The number of sulfonamides is 1. The zero-order valence-corrected chi connectivity index (χ0v) is 12.9. The Bertz CT molecular complexity index is 565. The fourth-order valence-electron chi connectivity index (χ4n) is 1.91. The van der Waals surface area contributed by atoms with Crippen LogP contribution in [0, 0.1) is 5.92 Å². The van der Waals surface area contributed by atoms with Crippen LogP contribution in [-0.4, -0.2) is 56.9 Å². The third kappa shape index (κ3) is 3.46. The van der Waals surface area contributed by atoms with Gasteiger partial charge in [0.1, 0.15) is 4.75 Å². The Kier molecular flexibility index (Phi) is 4.33. The van der Waals surface area contributed by atoms with Gasteiger partial charge < -0.3 is 5.73 Å². The molecule has 2 N–H and O–H groups in total. The van der Waals surface area contributed by atoms with Crippen molar-refractivity contribution in [3.63, 3.8) is 0 Å². The minimum atomic E-state index is -3.71. The highest BCUT2D eigenvalue weighted by Crippen LogP contribution is 2.25. The lowest BCUT2D eigenvalue weighted by Crippen LogP contribution is -2.47. The molecule has 1 saturated heterocycles. The molecule has 1 fully saturated rings. The van der Waals surface area contributed by atoms with Crippen molar-refractivity contribution in [1.29, 1.82) is 0 Å². The molecule has 1 aliphatic heterocycles. The van der Waals surface area contributed by atoms with Gasteiger partial charge in [0.15, 0.2) is 9.84 Å². The lowest BCUT2D eigenvalue weighted by Gasteiger charge is -2.23. The largest absolute Gasteiger partial charge is 0.368 e. The number of carbonyl (C=O) groups is 1. The van der Waals surface area contributed by atoms with E-state index >= 15 is 0 Å². The first-order valence-electron chi connectivity index (χ1n) is 5.85. The fraction of sp³-hybridized carbons (Fsp3) is 0.900. The Hall–Kier alpha value is -0.670. The molecule has 1 rings (SSSR count). The summed E-state index contributed by atoms with van der Waals surface area (Å²) in [6, 6.07) is 0. The van der Waals surface area contributed by atoms with E-state index < -0.39 is 30.5 Å². The molecular weight excluding hydrogens is 292 g/mol. The Morgan fingerprint density at radius 3 is 2.21 bits per heavy atom. The Morgan fingerprint density at radius 1 is 1.32 bits per heavy atom. The zero-order chi connectivity index (χ0) is 15.1. The lowest BCUT2D eigenvalue weighted by molar-refractivity contribution is -0.119. The Balaban J connectivity index is 2.81. The highest BCUT2D eigenvalue weighted by Gasteiger charge is 2.42. The number of primary amides is 1. The van der Waals surface area contributed by atoms with Crippen LogP contribution in [-0.2, 0) is 24.7 Å². The Labute approximate surface area is 114 Å². The quantitative estimate of drug-likeness (QED) is 0.695. The van der Waals surface area contributed by atoms with Gasteiger partial charge >= 0.3 is 0 Å². The van der Waals surface area contributed by atoms with Crippen LogP contribution in [0.25, 0.3) is 0 Å². The van der Waals surface area contributed by atoms with Gasteiger partial charge in [-0.1, -0.05) is 0 Å². The molecule has 0 radical (unpaired) electrons. The molecule has 1 aliphatic rings. The summed E-state index contributed by atoms with van der Waals surface area (Å²) < 4.78 is 46.6. The van der Waals surface area contributed by atoms with Gasteiger partial charge in [-0.25, -0.2) is 21.1 Å². The van der Waals surface area contributed by atoms with Crippen LogP contribution in [0.5, 0.6) is 0 Å². The van der Waals surface area contributed by atoms with Crippen LogP contribution in [0.3, 0.4) is 0 Å². The van der Waals surface area contributed by atoms with Gasteiger partial charge in [0.05, 0.1) is 12.0 Å². The number of nitrogens with two attached hydrogens (primary N) is 1. The SMILES string of the molecule is CC(C)(C(N)=O)S(=O)(=O)CC1CCN(S(C)(=O)=O)C1. The average molecular weight is 312 g/mol. The van der Waals surface area contributed by atoms with E-state index in [0.717, 1.165) is 6.26 Å². The summed E-state index contributed by atoms with van der Waals surface area (Å²) >= 11 is 0. The van der Waals surface area contributed by atoms with Gasteiger partial charge in [0.25, 0.3) is 0 Å². The number of hydrogen-bond donors (Lipinski definition) is 1. The van der Waals surface area contributed by atoms with E-state index in [4.69, 9.17) is 5.73 Å². The molecule has 7 nitrogen and oxygen atoms in total. The zero-order valence-electron chi connectivity index (χ0n) is 11.3. The molecule has 1 unspecified atom stereocenters. The summed E-state index contributed by atoms with van der Waals surface area (Å²) in [6.45, 7) is 3.03. The molecule has 19 heavy (non-hydrogen) atoms. The number of carbonyl (C=O) groups excluding carboxylic acids is 1. The fourth-order valence-corrected chi connectivity index (χ4v) is 4.44. The summed E-state index contributed by atoms with van der Waals surface area (Å²) in [7, 11) is -7.00. The van der Waals surface area contributed by atoms with Gasteiger partial charge in [0.2, 0.25) is 15.9 Å². The van der Waals surface area contributed by atoms with E-state index in [2.05, 4.69) is 0 Å². The normalized spacial score (nSPS) is 22.6. The first kappa shape index (κ1) is 16.4. The average Bonchev–Trinajstić information content (AvgIpc) is 2.64. The van der Waals surface area contributed by atoms with E-state index in [-0.39, 0.29) is 18.2 Å². The van der Waals surface area contributed by atoms with Crippen LogP contribution in [0.4, 0.5) is 0 Å². The number of hydrogen-bond acceptors (Lipinski definition) is 5. The van der Waals surface area contributed by atoms with E-state index in [0.29, 0.717) is 13.0 Å². The van der Waals surface area contributed by atoms with Crippen LogP contribution in [0.15, 0.2) is 0 Å². The van der Waals surface area contributed by atoms with Gasteiger partial charge in [-0.05, 0) is 26.2 Å². The second-order valence-electron chi connectivity index (χ2n) is 5.43. The molecular formula is C10H20N2O5S2. The van der Waals surface area contributed by atoms with Crippen LogP contribution >= 0.6 is 0 Å². The highest BCUT2D eigenvalue weighted by molar-refractivity contribution is 7.93. The van der Waals surface area contributed by atoms with Crippen molar-refractivity contribution in [1.82, 2.24) is 4.31 Å². The van der Waals surface area contributed by atoms with Crippen molar-refractivity contribution >= 4 is 25.8 Å². The van der Waals surface area contributed by atoms with Gasteiger partial charge in [-0.15, -0.1) is 0 Å². The molecule has 0 aromatic heterocycles. The van der Waals surface area contributed by atoms with E-state index in [1.165, 1.54) is 18.2 Å². The van der Waals surface area contributed by atoms with Crippen LogP contribution < -0.4 is 5.73 Å².